The molecule has 1 aliphatic heterocycles. The van der Waals surface area contributed by atoms with E-state index in [4.69, 9.17) is 9.72 Å². The highest BCUT2D eigenvalue weighted by atomic mass is 16.5. The molecular weight excluding hydrogens is 248 g/mol. The fourth-order valence-corrected chi connectivity index (χ4v) is 3.55. The van der Waals surface area contributed by atoms with Gasteiger partial charge in [0.25, 0.3) is 0 Å². The van der Waals surface area contributed by atoms with Crippen molar-refractivity contribution in [2.75, 3.05) is 0 Å². The topological polar surface area (TPSA) is 35.0 Å². The van der Waals surface area contributed by atoms with E-state index in [1.54, 1.807) is 0 Å². The maximum atomic E-state index is 6.14. The number of rotatable bonds is 0. The number of benzene rings is 1. The van der Waals surface area contributed by atoms with Crippen molar-refractivity contribution < 1.29 is 4.74 Å². The number of hydrogen-bond acceptors (Lipinski definition) is 3. The second-order valence-electron chi connectivity index (χ2n) is 6.01. The highest BCUT2D eigenvalue weighted by Gasteiger charge is 2.36. The molecule has 0 amide bonds. The highest BCUT2D eigenvalue weighted by molar-refractivity contribution is 5.75. The van der Waals surface area contributed by atoms with Gasteiger partial charge in [0.05, 0.1) is 11.0 Å². The number of aromatic nitrogens is 2. The molecule has 2 unspecified atom stereocenters. The molecule has 1 aliphatic carbocycles. The molecule has 2 aliphatic rings. The van der Waals surface area contributed by atoms with Crippen LogP contribution in [0.2, 0.25) is 0 Å². The maximum absolute atomic E-state index is 6.14. The molecule has 0 spiro atoms. The van der Waals surface area contributed by atoms with E-state index in [0.717, 1.165) is 29.0 Å². The molecule has 1 aromatic heterocycles. The van der Waals surface area contributed by atoms with Gasteiger partial charge >= 0.3 is 0 Å². The lowest BCUT2D eigenvalue weighted by Crippen LogP contribution is -2.18. The van der Waals surface area contributed by atoms with Gasteiger partial charge in [-0.2, -0.15) is 0 Å². The summed E-state index contributed by atoms with van der Waals surface area (Å²) in [4.78, 5) is 9.54. The van der Waals surface area contributed by atoms with Crippen LogP contribution in [-0.4, -0.2) is 16.1 Å². The molecular formula is C17H20N2O. The normalized spacial score (nSPS) is 26.0. The van der Waals surface area contributed by atoms with E-state index in [0.29, 0.717) is 12.0 Å². The molecule has 104 valence electrons. The zero-order valence-electron chi connectivity index (χ0n) is 11.7. The summed E-state index contributed by atoms with van der Waals surface area (Å²) < 4.78 is 6.14. The SMILES string of the molecule is c1ccc2nc3c(nc2c1)OC1CCCCCCCC31. The molecule has 0 saturated heterocycles. The van der Waals surface area contributed by atoms with Crippen molar-refractivity contribution in [1.29, 1.82) is 0 Å². The quantitative estimate of drug-likeness (QED) is 0.717. The molecule has 1 fully saturated rings. The summed E-state index contributed by atoms with van der Waals surface area (Å²) in [7, 11) is 0. The Hall–Kier alpha value is -1.64. The van der Waals surface area contributed by atoms with E-state index in [-0.39, 0.29) is 0 Å². The first-order chi connectivity index (χ1) is 9.92. The fourth-order valence-electron chi connectivity index (χ4n) is 3.55. The van der Waals surface area contributed by atoms with E-state index in [2.05, 4.69) is 4.98 Å². The molecule has 3 heteroatoms. The fraction of sp³-hybridized carbons (Fsp3) is 0.529. The van der Waals surface area contributed by atoms with Gasteiger partial charge in [-0.15, -0.1) is 0 Å². The first-order valence-electron chi connectivity index (χ1n) is 7.85. The Morgan fingerprint density at radius 2 is 1.55 bits per heavy atom. The number of hydrogen-bond donors (Lipinski definition) is 0. The summed E-state index contributed by atoms with van der Waals surface area (Å²) in [6.45, 7) is 0. The van der Waals surface area contributed by atoms with Crippen molar-refractivity contribution in [2.45, 2.75) is 57.0 Å². The zero-order valence-corrected chi connectivity index (χ0v) is 11.7. The monoisotopic (exact) mass is 268 g/mol. The van der Waals surface area contributed by atoms with Crippen molar-refractivity contribution in [3.8, 4) is 5.88 Å². The largest absolute Gasteiger partial charge is 0.472 e. The molecule has 2 heterocycles. The number of para-hydroxylation sites is 2. The predicted molar refractivity (Wildman–Crippen MR) is 79.0 cm³/mol. The van der Waals surface area contributed by atoms with Crippen molar-refractivity contribution in [3.63, 3.8) is 0 Å². The van der Waals surface area contributed by atoms with Crippen molar-refractivity contribution in [3.05, 3.63) is 30.0 Å². The van der Waals surface area contributed by atoms with Crippen LogP contribution >= 0.6 is 0 Å². The van der Waals surface area contributed by atoms with Gasteiger partial charge in [-0.05, 0) is 31.4 Å². The van der Waals surface area contributed by atoms with Crippen LogP contribution in [0.3, 0.4) is 0 Å². The van der Waals surface area contributed by atoms with Crippen LogP contribution in [-0.2, 0) is 0 Å². The molecule has 0 N–H and O–H groups in total. The molecule has 20 heavy (non-hydrogen) atoms. The maximum Gasteiger partial charge on any atom is 0.236 e. The Balaban J connectivity index is 1.74. The van der Waals surface area contributed by atoms with Gasteiger partial charge in [0.15, 0.2) is 0 Å². The minimum absolute atomic E-state index is 0.305. The number of nitrogens with zero attached hydrogens (tertiary/aromatic N) is 2. The van der Waals surface area contributed by atoms with Gasteiger partial charge in [0, 0.05) is 5.92 Å². The number of ether oxygens (including phenoxy) is 1. The second-order valence-corrected chi connectivity index (χ2v) is 6.01. The van der Waals surface area contributed by atoms with Crippen LogP contribution in [0.5, 0.6) is 5.88 Å². The molecule has 1 aromatic carbocycles. The van der Waals surface area contributed by atoms with E-state index < -0.39 is 0 Å². The Kier molecular flexibility index (Phi) is 3.06. The first-order valence-corrected chi connectivity index (χ1v) is 7.85. The van der Waals surface area contributed by atoms with Crippen molar-refractivity contribution in [2.24, 2.45) is 0 Å². The third-order valence-electron chi connectivity index (χ3n) is 4.63. The van der Waals surface area contributed by atoms with Gasteiger partial charge in [0.1, 0.15) is 11.8 Å². The summed E-state index contributed by atoms with van der Waals surface area (Å²) in [5.41, 5.74) is 3.05. The lowest BCUT2D eigenvalue weighted by atomic mass is 9.92. The van der Waals surface area contributed by atoms with Crippen LogP contribution in [0.25, 0.3) is 11.0 Å². The minimum Gasteiger partial charge on any atom is -0.472 e. The molecule has 3 nitrogen and oxygen atoms in total. The van der Waals surface area contributed by atoms with Crippen LogP contribution in [0.1, 0.15) is 56.6 Å². The predicted octanol–water partition coefficient (Wildman–Crippen LogP) is 4.22. The Morgan fingerprint density at radius 3 is 2.40 bits per heavy atom. The van der Waals surface area contributed by atoms with E-state index >= 15 is 0 Å². The Morgan fingerprint density at radius 1 is 0.850 bits per heavy atom. The summed E-state index contributed by atoms with van der Waals surface area (Å²) >= 11 is 0. The molecule has 1 saturated carbocycles. The van der Waals surface area contributed by atoms with E-state index in [9.17, 15) is 0 Å². The van der Waals surface area contributed by atoms with Gasteiger partial charge in [0.2, 0.25) is 5.88 Å². The van der Waals surface area contributed by atoms with Crippen LogP contribution in [0.15, 0.2) is 24.3 Å². The van der Waals surface area contributed by atoms with E-state index in [1.807, 2.05) is 24.3 Å². The van der Waals surface area contributed by atoms with Crippen molar-refractivity contribution in [1.82, 2.24) is 9.97 Å². The molecule has 4 rings (SSSR count). The third kappa shape index (κ3) is 2.05. The smallest absolute Gasteiger partial charge is 0.236 e. The standard InChI is InChI=1S/C17H20N2O/c1-2-4-8-12-15(11-5-3-1)20-17-16(12)18-13-9-6-7-10-14(13)19-17/h6-7,9-10,12,15H,1-5,8,11H2. The molecule has 2 atom stereocenters. The number of fused-ring (bicyclic) bond motifs is 4. The van der Waals surface area contributed by atoms with Crippen LogP contribution < -0.4 is 4.74 Å². The first kappa shape index (κ1) is 12.1. The third-order valence-corrected chi connectivity index (χ3v) is 4.63. The lowest BCUT2D eigenvalue weighted by molar-refractivity contribution is 0.182. The van der Waals surface area contributed by atoms with Gasteiger partial charge in [-0.1, -0.05) is 37.8 Å². The molecule has 0 radical (unpaired) electrons. The average Bonchev–Trinajstić information content (AvgIpc) is 2.84. The Labute approximate surface area is 119 Å². The van der Waals surface area contributed by atoms with Gasteiger partial charge in [-0.3, -0.25) is 0 Å². The van der Waals surface area contributed by atoms with Crippen molar-refractivity contribution >= 4 is 11.0 Å². The zero-order chi connectivity index (χ0) is 13.4. The summed E-state index contributed by atoms with van der Waals surface area (Å²) in [5.74, 6) is 1.25. The van der Waals surface area contributed by atoms with E-state index in [1.165, 1.54) is 38.5 Å². The summed E-state index contributed by atoms with van der Waals surface area (Å²) in [5, 5.41) is 0. The second kappa shape index (κ2) is 5.04. The Bertz CT molecular complexity index is 625. The summed E-state index contributed by atoms with van der Waals surface area (Å²) in [6, 6.07) is 8.09. The van der Waals surface area contributed by atoms with Gasteiger partial charge in [-0.25, -0.2) is 9.97 Å². The van der Waals surface area contributed by atoms with Gasteiger partial charge < -0.3 is 4.74 Å². The molecule has 0 bridgehead atoms. The lowest BCUT2D eigenvalue weighted by Gasteiger charge is -2.16. The molecule has 2 aromatic rings. The minimum atomic E-state index is 0.305. The van der Waals surface area contributed by atoms with Crippen LogP contribution in [0.4, 0.5) is 0 Å². The average molecular weight is 268 g/mol. The highest BCUT2D eigenvalue weighted by Crippen LogP contribution is 2.42. The summed E-state index contributed by atoms with van der Waals surface area (Å²) in [6.07, 6.45) is 9.28. The van der Waals surface area contributed by atoms with Crippen LogP contribution in [0, 0.1) is 0 Å².